The van der Waals surface area contributed by atoms with Crippen LogP contribution in [0.25, 0.3) is 22.8 Å². The predicted octanol–water partition coefficient (Wildman–Crippen LogP) is 2.83. The van der Waals surface area contributed by atoms with Gasteiger partial charge in [-0.25, -0.2) is 4.39 Å². The van der Waals surface area contributed by atoms with Gasteiger partial charge in [-0.2, -0.15) is 4.98 Å². The lowest BCUT2D eigenvalue weighted by atomic mass is 10.1. The van der Waals surface area contributed by atoms with E-state index in [1.807, 2.05) is 6.92 Å². The minimum absolute atomic E-state index is 0.119. The average Bonchev–Trinajstić information content (AvgIpc) is 2.88. The van der Waals surface area contributed by atoms with Crippen molar-refractivity contribution in [2.24, 2.45) is 0 Å². The number of nitrogens with zero attached hydrogens (tertiary/aromatic N) is 3. The number of aromatic nitrogens is 3. The summed E-state index contributed by atoms with van der Waals surface area (Å²) in [7, 11) is 0. The molecule has 5 nitrogen and oxygen atoms in total. The third-order valence-electron chi connectivity index (χ3n) is 2.91. The predicted molar refractivity (Wildman–Crippen MR) is 72.1 cm³/mol. The highest BCUT2D eigenvalue weighted by Gasteiger charge is 2.15. The molecule has 2 N–H and O–H groups in total. The Labute approximate surface area is 114 Å². The van der Waals surface area contributed by atoms with Crippen molar-refractivity contribution in [1.82, 2.24) is 15.1 Å². The molecule has 0 unspecified atom stereocenters. The lowest BCUT2D eigenvalue weighted by Crippen LogP contribution is -1.90. The molecular weight excluding hydrogens is 259 g/mol. The van der Waals surface area contributed by atoms with E-state index < -0.39 is 5.82 Å². The van der Waals surface area contributed by atoms with Crippen molar-refractivity contribution < 1.29 is 8.91 Å². The highest BCUT2D eigenvalue weighted by molar-refractivity contribution is 5.63. The lowest BCUT2D eigenvalue weighted by molar-refractivity contribution is 0.429. The van der Waals surface area contributed by atoms with Gasteiger partial charge in [-0.3, -0.25) is 4.98 Å². The van der Waals surface area contributed by atoms with Crippen LogP contribution in [0.4, 0.5) is 10.1 Å². The van der Waals surface area contributed by atoms with Crippen molar-refractivity contribution in [2.45, 2.75) is 6.92 Å². The number of pyridine rings is 1. The number of hydrogen-bond donors (Lipinski definition) is 1. The lowest BCUT2D eigenvalue weighted by Gasteiger charge is -1.99. The molecule has 100 valence electrons. The number of nitrogens with two attached hydrogens (primary N) is 1. The summed E-state index contributed by atoms with van der Waals surface area (Å²) in [6.07, 6.45) is 3.34. The molecule has 0 fully saturated rings. The molecule has 0 aliphatic carbocycles. The van der Waals surface area contributed by atoms with Gasteiger partial charge in [0.25, 0.3) is 5.89 Å². The van der Waals surface area contributed by atoms with Crippen LogP contribution in [0.5, 0.6) is 0 Å². The van der Waals surface area contributed by atoms with Gasteiger partial charge in [0, 0.05) is 23.6 Å². The largest absolute Gasteiger partial charge is 0.399 e. The summed E-state index contributed by atoms with van der Waals surface area (Å²) in [5.74, 6) is 0.0245. The second kappa shape index (κ2) is 4.73. The van der Waals surface area contributed by atoms with E-state index in [9.17, 15) is 4.39 Å². The van der Waals surface area contributed by atoms with E-state index in [2.05, 4.69) is 15.1 Å². The highest BCUT2D eigenvalue weighted by atomic mass is 19.1. The molecule has 0 aliphatic heterocycles. The van der Waals surface area contributed by atoms with E-state index in [0.717, 1.165) is 11.1 Å². The Morgan fingerprint density at radius 3 is 2.80 bits per heavy atom. The van der Waals surface area contributed by atoms with Crippen molar-refractivity contribution >= 4 is 5.69 Å². The standard InChI is InChI=1S/C14H11FN4O/c1-8-7-17-5-4-10(8)13-18-14(20-19-13)11-3-2-9(16)6-12(11)15/h2-7H,16H2,1H3. The highest BCUT2D eigenvalue weighted by Crippen LogP contribution is 2.26. The first kappa shape index (κ1) is 12.3. The smallest absolute Gasteiger partial charge is 0.261 e. The molecular formula is C14H11FN4O. The van der Waals surface area contributed by atoms with E-state index in [1.165, 1.54) is 12.1 Å². The molecule has 0 atom stereocenters. The van der Waals surface area contributed by atoms with Crippen LogP contribution in [-0.4, -0.2) is 15.1 Å². The number of anilines is 1. The quantitative estimate of drug-likeness (QED) is 0.724. The minimum atomic E-state index is -0.494. The van der Waals surface area contributed by atoms with E-state index in [-0.39, 0.29) is 11.5 Å². The second-order valence-electron chi connectivity index (χ2n) is 4.35. The van der Waals surface area contributed by atoms with E-state index >= 15 is 0 Å². The molecule has 1 aromatic carbocycles. The SMILES string of the molecule is Cc1cnccc1-c1noc(-c2ccc(N)cc2F)n1. The third kappa shape index (κ3) is 2.11. The maximum absolute atomic E-state index is 13.8. The monoisotopic (exact) mass is 270 g/mol. The number of rotatable bonds is 2. The summed E-state index contributed by atoms with van der Waals surface area (Å²) in [4.78, 5) is 8.21. The van der Waals surface area contributed by atoms with Crippen LogP contribution in [0.2, 0.25) is 0 Å². The number of nitrogen functional groups attached to an aromatic ring is 1. The Balaban J connectivity index is 2.04. The Bertz CT molecular complexity index is 769. The first-order valence-corrected chi connectivity index (χ1v) is 5.95. The number of benzene rings is 1. The molecule has 0 aliphatic rings. The van der Waals surface area contributed by atoms with Crippen LogP contribution in [-0.2, 0) is 0 Å². The Kier molecular flexibility index (Phi) is 2.90. The van der Waals surface area contributed by atoms with Crippen molar-refractivity contribution in [2.75, 3.05) is 5.73 Å². The fourth-order valence-corrected chi connectivity index (χ4v) is 1.87. The van der Waals surface area contributed by atoms with Crippen LogP contribution in [0, 0.1) is 12.7 Å². The van der Waals surface area contributed by atoms with Gasteiger partial charge >= 0.3 is 0 Å². The maximum atomic E-state index is 13.8. The van der Waals surface area contributed by atoms with Gasteiger partial charge in [0.1, 0.15) is 5.82 Å². The molecule has 0 saturated heterocycles. The zero-order valence-electron chi connectivity index (χ0n) is 10.7. The Morgan fingerprint density at radius 1 is 1.20 bits per heavy atom. The van der Waals surface area contributed by atoms with E-state index in [0.29, 0.717) is 11.5 Å². The minimum Gasteiger partial charge on any atom is -0.399 e. The van der Waals surface area contributed by atoms with E-state index in [4.69, 9.17) is 10.3 Å². The van der Waals surface area contributed by atoms with Gasteiger partial charge in [-0.15, -0.1) is 0 Å². The Hall–Kier alpha value is -2.76. The molecule has 6 heteroatoms. The van der Waals surface area contributed by atoms with Gasteiger partial charge in [-0.05, 0) is 36.8 Å². The van der Waals surface area contributed by atoms with E-state index in [1.54, 1.807) is 24.5 Å². The first-order chi connectivity index (χ1) is 9.65. The summed E-state index contributed by atoms with van der Waals surface area (Å²) in [6.45, 7) is 1.89. The zero-order valence-corrected chi connectivity index (χ0v) is 10.7. The van der Waals surface area contributed by atoms with Gasteiger partial charge in [-0.1, -0.05) is 5.16 Å². The van der Waals surface area contributed by atoms with Crippen molar-refractivity contribution in [1.29, 1.82) is 0 Å². The number of aryl methyl sites for hydroxylation is 1. The molecule has 3 rings (SSSR count). The second-order valence-corrected chi connectivity index (χ2v) is 4.35. The summed E-state index contributed by atoms with van der Waals surface area (Å²) >= 11 is 0. The average molecular weight is 270 g/mol. The molecule has 0 bridgehead atoms. The van der Waals surface area contributed by atoms with Gasteiger partial charge in [0.15, 0.2) is 0 Å². The van der Waals surface area contributed by atoms with Gasteiger partial charge in [0.05, 0.1) is 5.56 Å². The molecule has 20 heavy (non-hydrogen) atoms. The maximum Gasteiger partial charge on any atom is 0.261 e. The van der Waals surface area contributed by atoms with Crippen molar-refractivity contribution in [3.05, 3.63) is 48.0 Å². The van der Waals surface area contributed by atoms with Crippen LogP contribution >= 0.6 is 0 Å². The molecule has 0 saturated carbocycles. The molecule has 0 radical (unpaired) electrons. The third-order valence-corrected chi connectivity index (χ3v) is 2.91. The van der Waals surface area contributed by atoms with Gasteiger partial charge in [0.2, 0.25) is 5.82 Å². The number of hydrogen-bond acceptors (Lipinski definition) is 5. The fraction of sp³-hybridized carbons (Fsp3) is 0.0714. The normalized spacial score (nSPS) is 10.7. The molecule has 3 aromatic rings. The topological polar surface area (TPSA) is 77.8 Å². The van der Waals surface area contributed by atoms with Gasteiger partial charge < -0.3 is 10.3 Å². The molecule has 0 amide bonds. The molecule has 2 aromatic heterocycles. The first-order valence-electron chi connectivity index (χ1n) is 5.95. The van der Waals surface area contributed by atoms with Crippen molar-refractivity contribution in [3.8, 4) is 22.8 Å². The van der Waals surface area contributed by atoms with Crippen LogP contribution in [0.3, 0.4) is 0 Å². The Morgan fingerprint density at radius 2 is 2.05 bits per heavy atom. The summed E-state index contributed by atoms with van der Waals surface area (Å²) in [5.41, 5.74) is 7.79. The zero-order chi connectivity index (χ0) is 14.1. The van der Waals surface area contributed by atoms with Crippen LogP contribution in [0.15, 0.2) is 41.2 Å². The summed E-state index contributed by atoms with van der Waals surface area (Å²) in [6, 6.07) is 6.10. The molecule has 2 heterocycles. The van der Waals surface area contributed by atoms with Crippen molar-refractivity contribution in [3.63, 3.8) is 0 Å². The molecule has 0 spiro atoms. The number of halogens is 1. The summed E-state index contributed by atoms with van der Waals surface area (Å²) < 4.78 is 18.9. The summed E-state index contributed by atoms with van der Waals surface area (Å²) in [5, 5.41) is 3.88. The van der Waals surface area contributed by atoms with Crippen LogP contribution < -0.4 is 5.73 Å². The fourth-order valence-electron chi connectivity index (χ4n) is 1.87. The van der Waals surface area contributed by atoms with Crippen LogP contribution in [0.1, 0.15) is 5.56 Å².